The summed E-state index contributed by atoms with van der Waals surface area (Å²) >= 11 is 0. The first-order valence-corrected chi connectivity index (χ1v) is 6.84. The van der Waals surface area contributed by atoms with E-state index in [1.807, 2.05) is 0 Å². The molecule has 0 radical (unpaired) electrons. The molecule has 0 amide bonds. The summed E-state index contributed by atoms with van der Waals surface area (Å²) in [4.78, 5) is 41.5. The maximum atomic E-state index is 11.0. The van der Waals surface area contributed by atoms with E-state index < -0.39 is 69.1 Å². The Labute approximate surface area is 192 Å². The zero-order valence-electron chi connectivity index (χ0n) is 14.4. The summed E-state index contributed by atoms with van der Waals surface area (Å²) in [7, 11) is 0. The smallest absolute Gasteiger partial charge is 0.872 e. The quantitative estimate of drug-likeness (QED) is 0.354. The zero-order chi connectivity index (χ0) is 21.8. The third-order valence-electron chi connectivity index (χ3n) is 3.09. The molecular weight excluding hydrogens is 467 g/mol. The standard InChI is InChI=1S/2C8H6O6.Mg.Ni/c2*9-5-1-3(7(11)12)6(10)2-4(5)8(13)14;;/h2*1-2,9-10H,(H,11,12)(H,13,14);;/q;;2*+2/p-4. The minimum Gasteiger partial charge on any atom is -0.872 e. The fraction of sp³-hybridized carbons (Fsp3) is 0. The van der Waals surface area contributed by atoms with E-state index in [-0.39, 0.29) is 39.5 Å². The van der Waals surface area contributed by atoms with Gasteiger partial charge in [-0.2, -0.15) is 0 Å². The Kier molecular flexibility index (Phi) is 11.3. The van der Waals surface area contributed by atoms with Gasteiger partial charge in [-0.1, -0.05) is 47.3 Å². The Morgan fingerprint density at radius 1 is 0.500 bits per heavy atom. The Hall–Kier alpha value is -3.22. The topological polar surface area (TPSA) is 241 Å². The van der Waals surface area contributed by atoms with E-state index in [0.717, 1.165) is 0 Å². The van der Waals surface area contributed by atoms with Crippen LogP contribution in [0.5, 0.6) is 23.0 Å². The Morgan fingerprint density at radius 3 is 0.733 bits per heavy atom. The van der Waals surface area contributed by atoms with Crippen LogP contribution in [0.1, 0.15) is 41.4 Å². The van der Waals surface area contributed by atoms with Crippen LogP contribution in [0.3, 0.4) is 0 Å². The summed E-state index contributed by atoms with van der Waals surface area (Å²) < 4.78 is 0. The van der Waals surface area contributed by atoms with Crippen LogP contribution in [-0.4, -0.2) is 67.4 Å². The minimum absolute atomic E-state index is 0. The van der Waals surface area contributed by atoms with Crippen molar-refractivity contribution < 1.29 is 76.5 Å². The molecule has 0 saturated heterocycles. The average Bonchev–Trinajstić information content (AvgIpc) is 2.57. The van der Waals surface area contributed by atoms with E-state index in [2.05, 4.69) is 0 Å². The molecule has 0 aromatic heterocycles. The van der Waals surface area contributed by atoms with Crippen molar-refractivity contribution >= 4 is 46.9 Å². The van der Waals surface area contributed by atoms with Gasteiger partial charge in [0.05, 0.1) is 22.3 Å². The first-order chi connectivity index (χ1) is 12.9. The van der Waals surface area contributed by atoms with Crippen molar-refractivity contribution in [1.29, 1.82) is 0 Å². The number of carbonyl (C=O) groups is 4. The molecule has 0 bridgehead atoms. The summed E-state index contributed by atoms with van der Waals surface area (Å²) in [5, 5.41) is 77.6. The van der Waals surface area contributed by atoms with Crippen LogP contribution in [0.4, 0.5) is 0 Å². The molecule has 2 aromatic carbocycles. The van der Waals surface area contributed by atoms with E-state index in [9.17, 15) is 39.6 Å². The van der Waals surface area contributed by atoms with Crippen molar-refractivity contribution in [3.8, 4) is 23.0 Å². The van der Waals surface area contributed by atoms with Gasteiger partial charge in [0, 0.05) is 0 Å². The predicted octanol–water partition coefficient (Wildman–Crippen LogP) is -1.92. The molecule has 2 rings (SSSR count). The van der Waals surface area contributed by atoms with Gasteiger partial charge >= 0.3 is 63.4 Å². The van der Waals surface area contributed by atoms with Gasteiger partial charge in [-0.3, -0.25) is 0 Å². The van der Waals surface area contributed by atoms with E-state index in [1.165, 1.54) is 0 Å². The van der Waals surface area contributed by atoms with Gasteiger partial charge in [0.2, 0.25) is 0 Å². The molecular formula is C16H8MgNiO12. The molecule has 0 atom stereocenters. The molecule has 2 aromatic rings. The van der Waals surface area contributed by atoms with Crippen LogP contribution >= 0.6 is 0 Å². The monoisotopic (exact) mass is 474 g/mol. The summed E-state index contributed by atoms with van der Waals surface area (Å²) in [5.41, 5.74) is -2.89. The molecule has 0 spiro atoms. The van der Waals surface area contributed by atoms with Crippen molar-refractivity contribution in [2.45, 2.75) is 0 Å². The zero-order valence-corrected chi connectivity index (χ0v) is 16.8. The second-order valence-corrected chi connectivity index (χ2v) is 4.91. The van der Waals surface area contributed by atoms with Crippen LogP contribution < -0.4 is 20.4 Å². The number of carboxylic acid groups (broad SMARTS) is 4. The maximum absolute atomic E-state index is 11.0. The Bertz CT molecular complexity index is 830. The van der Waals surface area contributed by atoms with Gasteiger partial charge in [0.15, 0.2) is 0 Å². The van der Waals surface area contributed by atoms with Crippen LogP contribution in [0, 0.1) is 0 Å². The van der Waals surface area contributed by atoms with Gasteiger partial charge in [-0.25, -0.2) is 19.2 Å². The second-order valence-electron chi connectivity index (χ2n) is 4.91. The molecule has 0 heterocycles. The molecule has 14 heteroatoms. The number of rotatable bonds is 4. The number of benzene rings is 2. The maximum Gasteiger partial charge on any atom is 2.00 e. The van der Waals surface area contributed by atoms with Gasteiger partial charge in [0.25, 0.3) is 0 Å². The molecule has 0 saturated carbocycles. The summed E-state index contributed by atoms with van der Waals surface area (Å²) in [5.74, 6) is -10.2. The molecule has 0 aliphatic rings. The van der Waals surface area contributed by atoms with Crippen molar-refractivity contribution in [2.75, 3.05) is 0 Å². The molecule has 30 heavy (non-hydrogen) atoms. The van der Waals surface area contributed by atoms with Crippen molar-refractivity contribution in [1.82, 2.24) is 0 Å². The molecule has 0 unspecified atom stereocenters. The fourth-order valence-electron chi connectivity index (χ4n) is 1.79. The van der Waals surface area contributed by atoms with Crippen LogP contribution in [0.25, 0.3) is 0 Å². The van der Waals surface area contributed by atoms with Gasteiger partial charge in [-0.15, -0.1) is 0 Å². The van der Waals surface area contributed by atoms with Gasteiger partial charge in [0.1, 0.15) is 0 Å². The summed E-state index contributed by atoms with van der Waals surface area (Å²) in [6.07, 6.45) is 0. The van der Waals surface area contributed by atoms with E-state index in [1.54, 1.807) is 0 Å². The third-order valence-corrected chi connectivity index (χ3v) is 3.09. The predicted molar refractivity (Wildman–Crippen MR) is 84.3 cm³/mol. The molecule has 0 aliphatic heterocycles. The Balaban J connectivity index is 0. The third kappa shape index (κ3) is 6.99. The Morgan fingerprint density at radius 2 is 0.633 bits per heavy atom. The second kappa shape index (κ2) is 11.7. The van der Waals surface area contributed by atoms with Crippen molar-refractivity contribution in [3.05, 3.63) is 46.5 Å². The molecule has 12 nitrogen and oxygen atoms in total. The van der Waals surface area contributed by atoms with E-state index >= 15 is 0 Å². The van der Waals surface area contributed by atoms with Crippen LogP contribution in [0.2, 0.25) is 0 Å². The number of carboxylic acids is 4. The number of hydrogen-bond donors (Lipinski definition) is 4. The van der Waals surface area contributed by atoms with Crippen molar-refractivity contribution in [3.63, 3.8) is 0 Å². The largest absolute Gasteiger partial charge is 2.00 e. The average molecular weight is 475 g/mol. The van der Waals surface area contributed by atoms with E-state index in [0.29, 0.717) is 24.3 Å². The molecule has 4 N–H and O–H groups in total. The molecule has 0 fully saturated rings. The van der Waals surface area contributed by atoms with Gasteiger partial charge < -0.3 is 40.9 Å². The SMILES string of the molecule is O=C(O)c1cc([O-])c(C(=O)O)cc1[O-].O=C(O)c1cc([O-])c(C(=O)O)cc1[O-].[Mg+2].[Ni+2]. The van der Waals surface area contributed by atoms with Crippen LogP contribution in [-0.2, 0) is 16.5 Å². The first kappa shape index (κ1) is 29.0. The summed E-state index contributed by atoms with van der Waals surface area (Å²) in [6.45, 7) is 0. The van der Waals surface area contributed by atoms with Crippen LogP contribution in [0.15, 0.2) is 24.3 Å². The first-order valence-electron chi connectivity index (χ1n) is 6.84. The van der Waals surface area contributed by atoms with Crippen molar-refractivity contribution in [2.24, 2.45) is 0 Å². The minimum atomic E-state index is -1.55. The number of hydrogen-bond acceptors (Lipinski definition) is 8. The van der Waals surface area contributed by atoms with Gasteiger partial charge in [-0.05, 0) is 0 Å². The fourth-order valence-corrected chi connectivity index (χ4v) is 1.79. The summed E-state index contributed by atoms with van der Waals surface area (Å²) in [6, 6.07) is 2.03. The molecule has 0 aliphatic carbocycles. The normalized spacial score (nSPS) is 9.07. The number of aromatic carboxylic acids is 4. The van der Waals surface area contributed by atoms with E-state index in [4.69, 9.17) is 20.4 Å². The molecule has 156 valence electrons.